The molecule has 0 amide bonds. The van der Waals surface area contributed by atoms with Crippen LogP contribution in [0.25, 0.3) is 11.1 Å². The Balaban J connectivity index is 1.89. The zero-order valence-electron chi connectivity index (χ0n) is 10.1. The molecule has 0 spiro atoms. The Hall–Kier alpha value is -1.48. The van der Waals surface area contributed by atoms with E-state index in [2.05, 4.69) is 19.1 Å². The number of hydrogen-bond acceptors (Lipinski definition) is 8. The first kappa shape index (κ1) is 12.3. The molecule has 3 N–H and O–H groups in total. The van der Waals surface area contributed by atoms with Crippen molar-refractivity contribution in [1.82, 2.24) is 14.7 Å². The third-order valence-corrected chi connectivity index (χ3v) is 5.33. The third-order valence-electron chi connectivity index (χ3n) is 3.09. The number of rotatable bonds is 2. The summed E-state index contributed by atoms with van der Waals surface area (Å²) in [6.45, 7) is 0. The molecule has 8 heteroatoms. The van der Waals surface area contributed by atoms with Crippen molar-refractivity contribution in [3.63, 3.8) is 0 Å². The summed E-state index contributed by atoms with van der Waals surface area (Å²) in [6.07, 6.45) is 5.54. The average molecular weight is 319 g/mol. The van der Waals surface area contributed by atoms with Crippen molar-refractivity contribution in [1.29, 1.82) is 0 Å². The lowest BCUT2D eigenvalue weighted by atomic mass is 9.90. The lowest BCUT2D eigenvalue weighted by Gasteiger charge is -2.22. The minimum Gasteiger partial charge on any atom is -0.398 e. The summed E-state index contributed by atoms with van der Waals surface area (Å²) in [5, 5.41) is 5.79. The molecule has 2 aromatic rings. The molecule has 0 saturated carbocycles. The summed E-state index contributed by atoms with van der Waals surface area (Å²) >= 11 is 4.52. The van der Waals surface area contributed by atoms with Crippen LogP contribution in [-0.2, 0) is 0 Å². The van der Waals surface area contributed by atoms with Crippen LogP contribution in [0, 0.1) is 0 Å². The van der Waals surface area contributed by atoms with Crippen molar-refractivity contribution in [2.75, 3.05) is 0 Å². The van der Waals surface area contributed by atoms with Crippen LogP contribution in [0.4, 0.5) is 0 Å². The molecule has 2 aromatic heterocycles. The van der Waals surface area contributed by atoms with Gasteiger partial charge in [0.2, 0.25) is 0 Å². The van der Waals surface area contributed by atoms with Crippen LogP contribution in [0.3, 0.4) is 0 Å². The van der Waals surface area contributed by atoms with Crippen molar-refractivity contribution in [3.8, 4) is 0 Å². The SMILES string of the molecule is NC1=C(c2nccs2)C2NSN=C2C(c2nccs2)=C1. The quantitative estimate of drug-likeness (QED) is 0.831. The lowest BCUT2D eigenvalue weighted by Crippen LogP contribution is -2.34. The fourth-order valence-corrected chi connectivity index (χ4v) is 4.33. The maximum Gasteiger partial charge on any atom is 0.125 e. The van der Waals surface area contributed by atoms with E-state index >= 15 is 0 Å². The Kier molecular flexibility index (Phi) is 2.95. The van der Waals surface area contributed by atoms with E-state index in [4.69, 9.17) is 5.73 Å². The monoisotopic (exact) mass is 319 g/mol. The Morgan fingerprint density at radius 3 is 2.55 bits per heavy atom. The van der Waals surface area contributed by atoms with Crippen molar-refractivity contribution in [2.45, 2.75) is 6.04 Å². The molecule has 1 aliphatic carbocycles. The van der Waals surface area contributed by atoms with Gasteiger partial charge < -0.3 is 5.73 Å². The smallest absolute Gasteiger partial charge is 0.125 e. The maximum atomic E-state index is 6.27. The maximum absolute atomic E-state index is 6.27. The Labute approximate surface area is 127 Å². The van der Waals surface area contributed by atoms with E-state index in [-0.39, 0.29) is 6.04 Å². The summed E-state index contributed by atoms with van der Waals surface area (Å²) < 4.78 is 7.79. The number of thiazole rings is 2. The van der Waals surface area contributed by atoms with E-state index in [1.807, 2.05) is 16.8 Å². The first-order valence-electron chi connectivity index (χ1n) is 5.85. The van der Waals surface area contributed by atoms with Crippen molar-refractivity contribution in [2.24, 2.45) is 10.1 Å². The summed E-state index contributed by atoms with van der Waals surface area (Å²) in [6, 6.07) is -0.0185. The van der Waals surface area contributed by atoms with Gasteiger partial charge in [-0.1, -0.05) is 0 Å². The Morgan fingerprint density at radius 1 is 1.10 bits per heavy atom. The first-order valence-corrected chi connectivity index (χ1v) is 8.38. The molecule has 1 unspecified atom stereocenters. The molecule has 0 radical (unpaired) electrons. The molecule has 2 aliphatic rings. The Bertz CT molecular complexity index is 727. The minimum atomic E-state index is -0.0185. The fraction of sp³-hybridized carbons (Fsp3) is 0.0833. The number of allylic oxidation sites excluding steroid dienone is 1. The summed E-state index contributed by atoms with van der Waals surface area (Å²) in [5.41, 5.74) is 9.97. The van der Waals surface area contributed by atoms with Crippen LogP contribution in [0.15, 0.2) is 39.3 Å². The van der Waals surface area contributed by atoms with Gasteiger partial charge in [0.25, 0.3) is 0 Å². The van der Waals surface area contributed by atoms with Gasteiger partial charge in [0.05, 0.1) is 23.9 Å². The number of nitrogens with zero attached hydrogens (tertiary/aromatic N) is 3. The van der Waals surface area contributed by atoms with Gasteiger partial charge in [-0.25, -0.2) is 19.1 Å². The van der Waals surface area contributed by atoms with E-state index in [1.54, 1.807) is 35.1 Å². The van der Waals surface area contributed by atoms with E-state index in [9.17, 15) is 0 Å². The molecule has 4 rings (SSSR count). The molecule has 0 bridgehead atoms. The van der Waals surface area contributed by atoms with Crippen molar-refractivity contribution < 1.29 is 0 Å². The number of nitrogens with two attached hydrogens (primary N) is 1. The molecular weight excluding hydrogens is 310 g/mol. The molecule has 0 saturated heterocycles. The third kappa shape index (κ3) is 1.84. The molecule has 0 fully saturated rings. The minimum absolute atomic E-state index is 0.0185. The van der Waals surface area contributed by atoms with Gasteiger partial charge in [-0.05, 0) is 6.08 Å². The second kappa shape index (κ2) is 4.81. The second-order valence-electron chi connectivity index (χ2n) is 4.22. The van der Waals surface area contributed by atoms with Gasteiger partial charge in [-0.3, -0.25) is 0 Å². The van der Waals surface area contributed by atoms with Crippen LogP contribution in [0.5, 0.6) is 0 Å². The number of nitrogens with one attached hydrogen (secondary N) is 1. The predicted molar refractivity (Wildman–Crippen MR) is 85.3 cm³/mol. The molecule has 3 heterocycles. The molecule has 0 aromatic carbocycles. The van der Waals surface area contributed by atoms with E-state index in [1.165, 1.54) is 12.1 Å². The zero-order chi connectivity index (χ0) is 13.5. The van der Waals surface area contributed by atoms with Crippen LogP contribution in [0.2, 0.25) is 0 Å². The fourth-order valence-electron chi connectivity index (χ4n) is 2.24. The summed E-state index contributed by atoms with van der Waals surface area (Å²) in [4.78, 5) is 8.74. The molecule has 5 nitrogen and oxygen atoms in total. The summed E-state index contributed by atoms with van der Waals surface area (Å²) in [5.74, 6) is 0. The van der Waals surface area contributed by atoms with Crippen molar-refractivity contribution >= 4 is 51.7 Å². The van der Waals surface area contributed by atoms with E-state index in [0.717, 1.165) is 32.6 Å². The highest BCUT2D eigenvalue weighted by Crippen LogP contribution is 2.38. The highest BCUT2D eigenvalue weighted by atomic mass is 32.2. The molecular formula is C12H9N5S3. The number of fused-ring (bicyclic) bond motifs is 1. The van der Waals surface area contributed by atoms with Crippen LogP contribution < -0.4 is 10.5 Å². The largest absolute Gasteiger partial charge is 0.398 e. The van der Waals surface area contributed by atoms with E-state index in [0.29, 0.717) is 0 Å². The predicted octanol–water partition coefficient (Wildman–Crippen LogP) is 2.34. The van der Waals surface area contributed by atoms with Gasteiger partial charge in [-0.2, -0.15) is 0 Å². The van der Waals surface area contributed by atoms with Crippen LogP contribution >= 0.6 is 34.8 Å². The highest BCUT2D eigenvalue weighted by Gasteiger charge is 2.35. The molecule has 100 valence electrons. The van der Waals surface area contributed by atoms with Crippen molar-refractivity contribution in [3.05, 3.63) is 44.9 Å². The molecule has 1 atom stereocenters. The number of aromatic nitrogens is 2. The standard InChI is InChI=1S/C12H9N5S3/c13-7-5-6(11-14-1-3-18-11)9-10(17-20-16-9)8(7)12-15-2-4-19-12/h1-5,10,17H,13H2. The van der Waals surface area contributed by atoms with Gasteiger partial charge in [0.15, 0.2) is 0 Å². The van der Waals surface area contributed by atoms with Crippen LogP contribution in [-0.4, -0.2) is 21.7 Å². The zero-order valence-corrected chi connectivity index (χ0v) is 12.6. The molecule has 20 heavy (non-hydrogen) atoms. The number of hydrogen-bond donors (Lipinski definition) is 2. The second-order valence-corrected chi connectivity index (χ2v) is 6.61. The Morgan fingerprint density at radius 2 is 1.85 bits per heavy atom. The highest BCUT2D eigenvalue weighted by molar-refractivity contribution is 7.96. The summed E-state index contributed by atoms with van der Waals surface area (Å²) in [7, 11) is 0. The lowest BCUT2D eigenvalue weighted by molar-refractivity contribution is 1.01. The van der Waals surface area contributed by atoms with Crippen LogP contribution in [0.1, 0.15) is 10.0 Å². The van der Waals surface area contributed by atoms with Gasteiger partial charge >= 0.3 is 0 Å². The normalized spacial score (nSPS) is 21.7. The van der Waals surface area contributed by atoms with Gasteiger partial charge in [0.1, 0.15) is 10.0 Å². The topological polar surface area (TPSA) is 76.2 Å². The van der Waals surface area contributed by atoms with Gasteiger partial charge in [0, 0.05) is 40.0 Å². The molecule has 1 aliphatic heterocycles. The van der Waals surface area contributed by atoms with Gasteiger partial charge in [-0.15, -0.1) is 22.7 Å². The van der Waals surface area contributed by atoms with E-state index < -0.39 is 0 Å². The average Bonchev–Trinajstić information content (AvgIpc) is 3.20. The first-order chi connectivity index (χ1) is 9.84.